The number of hydrogen-bond donors (Lipinski definition) is 0. The van der Waals surface area contributed by atoms with E-state index < -0.39 is 0 Å². The van der Waals surface area contributed by atoms with Crippen molar-refractivity contribution in [3.63, 3.8) is 0 Å². The fourth-order valence-electron chi connectivity index (χ4n) is 0.0283. The highest BCUT2D eigenvalue weighted by molar-refractivity contribution is 7.34. The summed E-state index contributed by atoms with van der Waals surface area (Å²) in [5.41, 5.74) is 7.48. The van der Waals surface area contributed by atoms with Gasteiger partial charge in [-0.1, -0.05) is 6.30 Å². The SMILES string of the molecule is C=PN=[N+]=[N-]. The van der Waals surface area contributed by atoms with E-state index in [1.807, 2.05) is 0 Å². The third kappa shape index (κ3) is 3.48. The first-order chi connectivity index (χ1) is 2.41. The second-order valence-electron chi connectivity index (χ2n) is 0.320. The van der Waals surface area contributed by atoms with Gasteiger partial charge in [0.05, 0.1) is 0 Å². The minimum absolute atomic E-state index is 0.488. The predicted octanol–water partition coefficient (Wildman–Crippen LogP) is 1.59. The zero-order valence-electron chi connectivity index (χ0n) is 2.50. The van der Waals surface area contributed by atoms with Crippen LogP contribution in [-0.4, -0.2) is 6.30 Å². The summed E-state index contributed by atoms with van der Waals surface area (Å²) in [4.78, 5) is 5.42. The third-order valence-electron chi connectivity index (χ3n) is 0.103. The minimum atomic E-state index is 0.488. The predicted molar refractivity (Wildman–Crippen MR) is 23.2 cm³/mol. The van der Waals surface area contributed by atoms with Crippen LogP contribution in [0, 0.1) is 0 Å². The third-order valence-corrected chi connectivity index (χ3v) is 0.310. The first-order valence-corrected chi connectivity index (χ1v) is 1.95. The average Bonchev–Trinajstić information content (AvgIpc) is 1.41. The molecule has 3 nitrogen and oxygen atoms in total. The number of rotatable bonds is 1. The lowest BCUT2D eigenvalue weighted by Crippen LogP contribution is -1.08. The van der Waals surface area contributed by atoms with Gasteiger partial charge >= 0.3 is 0 Å². The molecule has 0 spiro atoms. The van der Waals surface area contributed by atoms with Gasteiger partial charge in [0.2, 0.25) is 0 Å². The molecule has 0 amide bonds. The lowest BCUT2D eigenvalue weighted by atomic mass is 12.0. The van der Waals surface area contributed by atoms with Gasteiger partial charge in [-0.05, 0) is 18.8 Å². The van der Waals surface area contributed by atoms with E-state index >= 15 is 0 Å². The highest BCUT2D eigenvalue weighted by Gasteiger charge is 1.39. The monoisotopic (exact) mass is 87.0 g/mol. The molecule has 0 atom stereocenters. The molecule has 0 saturated carbocycles. The van der Waals surface area contributed by atoms with Crippen molar-refractivity contribution >= 4 is 14.7 Å². The normalized spacial score (nSPS) is 6.40. The first-order valence-electron chi connectivity index (χ1n) is 0.916. The van der Waals surface area contributed by atoms with E-state index in [4.69, 9.17) is 5.53 Å². The summed E-state index contributed by atoms with van der Waals surface area (Å²) < 4.78 is 0. The summed E-state index contributed by atoms with van der Waals surface area (Å²) in [7, 11) is 0.488. The number of azide groups is 1. The molecule has 0 radical (unpaired) electrons. The maximum absolute atomic E-state index is 7.48. The van der Waals surface area contributed by atoms with E-state index in [1.165, 1.54) is 0 Å². The molecule has 4 heteroatoms. The quantitative estimate of drug-likeness (QED) is 0.202. The fourth-order valence-corrected chi connectivity index (χ4v) is 0.0849. The molecular weight excluding hydrogens is 85.0 g/mol. The van der Waals surface area contributed by atoms with Crippen LogP contribution in [0.2, 0.25) is 0 Å². The molecule has 0 aromatic carbocycles. The molecule has 0 fully saturated rings. The van der Waals surface area contributed by atoms with Gasteiger partial charge in [-0.25, -0.2) is 0 Å². The average molecular weight is 87.0 g/mol. The standard InChI is InChI=1S/CH2N3P/c1-5-4-3-2/h1H2. The Morgan fingerprint density at radius 2 is 2.60 bits per heavy atom. The van der Waals surface area contributed by atoms with Crippen LogP contribution in [0.5, 0.6) is 0 Å². The Labute approximate surface area is 31.1 Å². The molecule has 0 unspecified atom stereocenters. The largest absolute Gasteiger partial charge is 0.0685 e. The molecule has 0 aliphatic rings. The smallest absolute Gasteiger partial charge is 0.00881 e. The maximum atomic E-state index is 7.48. The fraction of sp³-hybridized carbons (Fsp3) is 0. The molecule has 0 heterocycles. The summed E-state index contributed by atoms with van der Waals surface area (Å²) >= 11 is 0. The van der Waals surface area contributed by atoms with Crippen LogP contribution in [-0.2, 0) is 0 Å². The molecule has 0 aliphatic carbocycles. The van der Waals surface area contributed by atoms with Gasteiger partial charge in [0.25, 0.3) is 0 Å². The van der Waals surface area contributed by atoms with E-state index in [1.54, 1.807) is 0 Å². The molecule has 5 heavy (non-hydrogen) atoms. The Kier molecular flexibility index (Phi) is 3.12. The second-order valence-corrected chi connectivity index (χ2v) is 0.782. The molecule has 0 saturated heterocycles. The summed E-state index contributed by atoms with van der Waals surface area (Å²) in [6.45, 7) is 0. The van der Waals surface area contributed by atoms with Crippen molar-refractivity contribution in [3.8, 4) is 0 Å². The molecule has 0 bridgehead atoms. The number of hydrogen-bond acceptors (Lipinski definition) is 1. The summed E-state index contributed by atoms with van der Waals surface area (Å²) in [6, 6.07) is 0. The van der Waals surface area contributed by atoms with Gasteiger partial charge in [-0.2, -0.15) is 0 Å². The summed E-state index contributed by atoms with van der Waals surface area (Å²) in [5, 5.41) is 0. The van der Waals surface area contributed by atoms with Gasteiger partial charge in [-0.3, -0.25) is 0 Å². The highest BCUT2D eigenvalue weighted by atomic mass is 31.1. The topological polar surface area (TPSA) is 48.8 Å². The zero-order valence-corrected chi connectivity index (χ0v) is 3.39. The zero-order chi connectivity index (χ0) is 4.12. The van der Waals surface area contributed by atoms with E-state index in [-0.39, 0.29) is 0 Å². The van der Waals surface area contributed by atoms with Gasteiger partial charge in [0, 0.05) is 4.91 Å². The van der Waals surface area contributed by atoms with Gasteiger partial charge < -0.3 is 0 Å². The number of nitrogens with zero attached hydrogens (tertiary/aromatic N) is 3. The van der Waals surface area contributed by atoms with Crippen LogP contribution >= 0.6 is 8.35 Å². The van der Waals surface area contributed by atoms with Gasteiger partial charge in [0.1, 0.15) is 0 Å². The van der Waals surface area contributed by atoms with Crippen molar-refractivity contribution in [1.29, 1.82) is 0 Å². The van der Waals surface area contributed by atoms with Crippen LogP contribution in [0.25, 0.3) is 10.4 Å². The Balaban J connectivity index is 3.31. The lowest BCUT2D eigenvalue weighted by molar-refractivity contribution is 1.82. The minimum Gasteiger partial charge on any atom is -0.0685 e. The molecular formula is CH2N3P. The molecule has 0 aromatic heterocycles. The van der Waals surface area contributed by atoms with E-state index in [2.05, 4.69) is 16.1 Å². The summed E-state index contributed by atoms with van der Waals surface area (Å²) in [6.07, 6.45) is 3.23. The molecule has 0 aromatic rings. The van der Waals surface area contributed by atoms with Crippen molar-refractivity contribution in [2.24, 2.45) is 4.88 Å². The van der Waals surface area contributed by atoms with Gasteiger partial charge in [0.15, 0.2) is 0 Å². The van der Waals surface area contributed by atoms with Crippen molar-refractivity contribution < 1.29 is 0 Å². The molecule has 0 N–H and O–H groups in total. The maximum Gasteiger partial charge on any atom is 0.00881 e. The van der Waals surface area contributed by atoms with Crippen molar-refractivity contribution in [2.45, 2.75) is 0 Å². The Hall–Kier alpha value is -0.520. The van der Waals surface area contributed by atoms with E-state index in [0.717, 1.165) is 0 Å². The van der Waals surface area contributed by atoms with Crippen molar-refractivity contribution in [3.05, 3.63) is 10.4 Å². The van der Waals surface area contributed by atoms with Crippen molar-refractivity contribution in [1.82, 2.24) is 0 Å². The Morgan fingerprint density at radius 3 is 2.60 bits per heavy atom. The Bertz CT molecular complexity index is 71.0. The first kappa shape index (κ1) is 4.48. The van der Waals surface area contributed by atoms with Crippen LogP contribution in [0.4, 0.5) is 0 Å². The van der Waals surface area contributed by atoms with E-state index in [0.29, 0.717) is 8.35 Å². The molecule has 26 valence electrons. The van der Waals surface area contributed by atoms with Crippen LogP contribution in [0.1, 0.15) is 0 Å². The van der Waals surface area contributed by atoms with Gasteiger partial charge in [-0.15, -0.1) is 0 Å². The van der Waals surface area contributed by atoms with Crippen LogP contribution in [0.15, 0.2) is 4.88 Å². The molecule has 0 aliphatic heterocycles. The summed E-state index contributed by atoms with van der Waals surface area (Å²) in [5.74, 6) is 0. The van der Waals surface area contributed by atoms with Crippen molar-refractivity contribution in [2.75, 3.05) is 0 Å². The highest BCUT2D eigenvalue weighted by Crippen LogP contribution is 1.87. The van der Waals surface area contributed by atoms with Crippen LogP contribution < -0.4 is 0 Å². The Morgan fingerprint density at radius 1 is 2.00 bits per heavy atom. The lowest BCUT2D eigenvalue weighted by Gasteiger charge is -1.44. The van der Waals surface area contributed by atoms with E-state index in [9.17, 15) is 0 Å². The van der Waals surface area contributed by atoms with Crippen LogP contribution in [0.3, 0.4) is 0 Å². The second kappa shape index (κ2) is 3.48. The molecule has 0 rings (SSSR count).